The van der Waals surface area contributed by atoms with Crippen molar-refractivity contribution in [3.05, 3.63) is 34.1 Å². The first-order chi connectivity index (χ1) is 12.6. The second kappa shape index (κ2) is 7.03. The third kappa shape index (κ3) is 4.03. The van der Waals surface area contributed by atoms with Crippen LogP contribution in [0.25, 0.3) is 10.2 Å². The van der Waals surface area contributed by atoms with E-state index in [1.807, 2.05) is 0 Å². The molecule has 13 heteroatoms. The van der Waals surface area contributed by atoms with E-state index in [0.717, 1.165) is 18.4 Å². The Hall–Kier alpha value is -2.28. The summed E-state index contributed by atoms with van der Waals surface area (Å²) < 4.78 is 68.2. The summed E-state index contributed by atoms with van der Waals surface area (Å²) >= 11 is 3.69. The van der Waals surface area contributed by atoms with Crippen molar-refractivity contribution in [3.63, 3.8) is 0 Å². The van der Waals surface area contributed by atoms with Crippen LogP contribution in [-0.4, -0.2) is 27.3 Å². The standard InChI is InChI=1S/C14H8BrF5N4O2S/c1-24-10(14(18,19)20)8(15)9(23-24)11(25)22-13-21-6-3-2-5(26-12(16)17)4-7(6)27-13/h2-4,12H,1H3,(H,21,22,25). The molecular formula is C14H8BrF5N4O2S. The zero-order chi connectivity index (χ0) is 19.9. The highest BCUT2D eigenvalue weighted by molar-refractivity contribution is 9.10. The molecule has 3 aromatic rings. The van der Waals surface area contributed by atoms with Crippen LogP contribution in [0.1, 0.15) is 16.2 Å². The van der Waals surface area contributed by atoms with Crippen LogP contribution in [0.3, 0.4) is 0 Å². The van der Waals surface area contributed by atoms with Crippen LogP contribution in [0, 0.1) is 0 Å². The van der Waals surface area contributed by atoms with E-state index in [-0.39, 0.29) is 10.9 Å². The molecule has 27 heavy (non-hydrogen) atoms. The Morgan fingerprint density at radius 2 is 2.07 bits per heavy atom. The van der Waals surface area contributed by atoms with Gasteiger partial charge in [-0.15, -0.1) is 0 Å². The molecule has 0 atom stereocenters. The molecule has 0 bridgehead atoms. The van der Waals surface area contributed by atoms with Gasteiger partial charge in [0.2, 0.25) is 0 Å². The molecule has 0 saturated carbocycles. The second-order valence-corrected chi connectivity index (χ2v) is 6.94. The second-order valence-electron chi connectivity index (χ2n) is 5.11. The molecule has 0 unspecified atom stereocenters. The molecule has 6 nitrogen and oxygen atoms in total. The molecule has 1 aromatic carbocycles. The summed E-state index contributed by atoms with van der Waals surface area (Å²) in [5.74, 6) is -0.989. The normalized spacial score (nSPS) is 12.0. The largest absolute Gasteiger partial charge is 0.435 e. The Balaban J connectivity index is 1.86. The lowest BCUT2D eigenvalue weighted by atomic mass is 10.3. The smallest absolute Gasteiger partial charge is 0.434 e. The number of carbonyl (C=O) groups excluding carboxylic acids is 1. The Morgan fingerprint density at radius 1 is 1.37 bits per heavy atom. The van der Waals surface area contributed by atoms with E-state index in [1.165, 1.54) is 18.2 Å². The molecule has 1 N–H and O–H groups in total. The molecule has 0 saturated heterocycles. The number of nitrogens with one attached hydrogen (secondary N) is 1. The van der Waals surface area contributed by atoms with E-state index in [4.69, 9.17) is 0 Å². The van der Waals surface area contributed by atoms with E-state index in [1.54, 1.807) is 0 Å². The number of aromatic nitrogens is 3. The summed E-state index contributed by atoms with van der Waals surface area (Å²) in [4.78, 5) is 16.4. The molecule has 0 spiro atoms. The van der Waals surface area contributed by atoms with Crippen LogP contribution in [0.2, 0.25) is 0 Å². The van der Waals surface area contributed by atoms with Crippen molar-refractivity contribution in [1.29, 1.82) is 0 Å². The van der Waals surface area contributed by atoms with Crippen molar-refractivity contribution in [2.75, 3.05) is 5.32 Å². The average Bonchev–Trinajstić information content (AvgIpc) is 3.05. The summed E-state index contributed by atoms with van der Waals surface area (Å²) in [5, 5.41) is 6.00. The molecule has 3 rings (SSSR count). The van der Waals surface area contributed by atoms with Crippen molar-refractivity contribution >= 4 is 48.5 Å². The maximum absolute atomic E-state index is 13.0. The van der Waals surface area contributed by atoms with Crippen LogP contribution in [-0.2, 0) is 13.2 Å². The van der Waals surface area contributed by atoms with E-state index in [0.29, 0.717) is 14.9 Å². The van der Waals surface area contributed by atoms with Gasteiger partial charge in [0.1, 0.15) is 5.75 Å². The number of alkyl halides is 5. The summed E-state index contributed by atoms with van der Waals surface area (Å²) in [7, 11) is 1.06. The minimum Gasteiger partial charge on any atom is -0.435 e. The number of thiazole rings is 1. The molecule has 0 fully saturated rings. The first-order valence-corrected chi connectivity index (χ1v) is 8.63. The molecule has 0 aliphatic rings. The zero-order valence-corrected chi connectivity index (χ0v) is 15.5. The topological polar surface area (TPSA) is 69.0 Å². The Morgan fingerprint density at radius 3 is 2.67 bits per heavy atom. The van der Waals surface area contributed by atoms with E-state index >= 15 is 0 Å². The third-order valence-corrected chi connectivity index (χ3v) is 4.96. The van der Waals surface area contributed by atoms with E-state index < -0.39 is 34.6 Å². The molecule has 144 valence electrons. The summed E-state index contributed by atoms with van der Waals surface area (Å²) in [6, 6.07) is 4.01. The predicted octanol–water partition coefficient (Wildman–Crippen LogP) is 4.66. The number of rotatable bonds is 4. The molecule has 0 aliphatic heterocycles. The lowest BCUT2D eigenvalue weighted by molar-refractivity contribution is -0.144. The Kier molecular flexibility index (Phi) is 5.08. The van der Waals surface area contributed by atoms with Crippen molar-refractivity contribution < 1.29 is 31.5 Å². The lowest BCUT2D eigenvalue weighted by Gasteiger charge is -2.06. The fourth-order valence-electron chi connectivity index (χ4n) is 2.24. The number of benzene rings is 1. The maximum atomic E-state index is 13.0. The fraction of sp³-hybridized carbons (Fsp3) is 0.214. The van der Waals surface area contributed by atoms with Gasteiger partial charge in [-0.3, -0.25) is 14.8 Å². The highest BCUT2D eigenvalue weighted by Crippen LogP contribution is 2.36. The van der Waals surface area contributed by atoms with Gasteiger partial charge in [0.15, 0.2) is 16.5 Å². The number of aryl methyl sites for hydroxylation is 1. The quantitative estimate of drug-likeness (QED) is 0.562. The highest BCUT2D eigenvalue weighted by Gasteiger charge is 2.39. The first kappa shape index (κ1) is 19.5. The summed E-state index contributed by atoms with van der Waals surface area (Å²) in [6.45, 7) is -2.99. The SMILES string of the molecule is Cn1nc(C(=O)Nc2nc3ccc(OC(F)F)cc3s2)c(Br)c1C(F)(F)F. The number of fused-ring (bicyclic) bond motifs is 1. The molecule has 0 radical (unpaired) electrons. The van der Waals surface area contributed by atoms with Crippen molar-refractivity contribution in [3.8, 4) is 5.75 Å². The number of halogens is 6. The molecule has 2 aromatic heterocycles. The van der Waals surface area contributed by atoms with Gasteiger partial charge in [-0.2, -0.15) is 27.1 Å². The van der Waals surface area contributed by atoms with Crippen LogP contribution in [0.15, 0.2) is 22.7 Å². The van der Waals surface area contributed by atoms with E-state index in [2.05, 4.69) is 36.1 Å². The van der Waals surface area contributed by atoms with Gasteiger partial charge in [0, 0.05) is 7.05 Å². The summed E-state index contributed by atoms with van der Waals surface area (Å²) in [6.07, 6.45) is -4.70. The van der Waals surface area contributed by atoms with Crippen molar-refractivity contribution in [2.45, 2.75) is 12.8 Å². The maximum Gasteiger partial charge on any atom is 0.434 e. The minimum atomic E-state index is -4.70. The molecule has 2 heterocycles. The number of nitrogens with zero attached hydrogens (tertiary/aromatic N) is 3. The molecule has 1 amide bonds. The summed E-state index contributed by atoms with van der Waals surface area (Å²) in [5.41, 5.74) is -1.18. The zero-order valence-electron chi connectivity index (χ0n) is 13.1. The number of hydrogen-bond donors (Lipinski definition) is 1. The first-order valence-electron chi connectivity index (χ1n) is 7.02. The van der Waals surface area contributed by atoms with Gasteiger partial charge in [0.25, 0.3) is 5.91 Å². The highest BCUT2D eigenvalue weighted by atomic mass is 79.9. The number of amides is 1. The van der Waals surface area contributed by atoms with Gasteiger partial charge >= 0.3 is 12.8 Å². The van der Waals surface area contributed by atoms with E-state index in [9.17, 15) is 26.7 Å². The number of carbonyl (C=O) groups is 1. The number of anilines is 1. The third-order valence-electron chi connectivity index (χ3n) is 3.28. The lowest BCUT2D eigenvalue weighted by Crippen LogP contribution is -2.13. The van der Waals surface area contributed by atoms with Gasteiger partial charge in [-0.05, 0) is 34.1 Å². The van der Waals surface area contributed by atoms with Crippen LogP contribution in [0.5, 0.6) is 5.75 Å². The monoisotopic (exact) mass is 470 g/mol. The Bertz CT molecular complexity index is 1020. The fourth-order valence-corrected chi connectivity index (χ4v) is 3.87. The Labute approximate surface area is 160 Å². The van der Waals surface area contributed by atoms with Crippen LogP contribution in [0.4, 0.5) is 27.1 Å². The van der Waals surface area contributed by atoms with Crippen LogP contribution >= 0.6 is 27.3 Å². The van der Waals surface area contributed by atoms with Gasteiger partial charge in [0.05, 0.1) is 14.7 Å². The van der Waals surface area contributed by atoms with Gasteiger partial charge < -0.3 is 4.74 Å². The number of ether oxygens (including phenoxy) is 1. The van der Waals surface area contributed by atoms with Crippen LogP contribution < -0.4 is 10.1 Å². The molecule has 0 aliphatic carbocycles. The predicted molar refractivity (Wildman–Crippen MR) is 90.1 cm³/mol. The van der Waals surface area contributed by atoms with Crippen molar-refractivity contribution in [1.82, 2.24) is 14.8 Å². The number of hydrogen-bond acceptors (Lipinski definition) is 5. The minimum absolute atomic E-state index is 0.0651. The van der Waals surface area contributed by atoms with Crippen molar-refractivity contribution in [2.24, 2.45) is 7.05 Å². The molecular weight excluding hydrogens is 463 g/mol. The van der Waals surface area contributed by atoms with Gasteiger partial charge in [-0.25, -0.2) is 4.98 Å². The average molecular weight is 471 g/mol. The van der Waals surface area contributed by atoms with Gasteiger partial charge in [-0.1, -0.05) is 11.3 Å².